The molecular formula is C19H20BrNO2. The summed E-state index contributed by atoms with van der Waals surface area (Å²) in [6, 6.07) is 15.8. The van der Waals surface area contributed by atoms with Crippen LogP contribution >= 0.6 is 15.9 Å². The first-order valence-corrected chi connectivity index (χ1v) is 8.56. The normalized spacial score (nSPS) is 15.9. The van der Waals surface area contributed by atoms with Crippen molar-refractivity contribution in [3.63, 3.8) is 0 Å². The number of ether oxygens (including phenoxy) is 1. The van der Waals surface area contributed by atoms with E-state index in [-0.39, 0.29) is 18.2 Å². The molecule has 0 radical (unpaired) electrons. The molecule has 0 N–H and O–H groups in total. The number of anilines is 1. The van der Waals surface area contributed by atoms with Crippen molar-refractivity contribution in [1.29, 1.82) is 0 Å². The Bertz CT molecular complexity index is 713. The first-order valence-electron chi connectivity index (χ1n) is 7.77. The summed E-state index contributed by atoms with van der Waals surface area (Å²) in [5, 5.41) is 0. The summed E-state index contributed by atoms with van der Waals surface area (Å²) in [6.45, 7) is 4.46. The second-order valence-electron chi connectivity index (χ2n) is 6.46. The van der Waals surface area contributed by atoms with Gasteiger partial charge in [0.2, 0.25) is 0 Å². The van der Waals surface area contributed by atoms with Gasteiger partial charge in [-0.05, 0) is 56.0 Å². The van der Waals surface area contributed by atoms with Crippen LogP contribution in [0.5, 0.6) is 0 Å². The van der Waals surface area contributed by atoms with E-state index in [9.17, 15) is 4.79 Å². The third-order valence-electron chi connectivity index (χ3n) is 4.28. The van der Waals surface area contributed by atoms with Crippen LogP contribution in [-0.4, -0.2) is 11.6 Å². The van der Waals surface area contributed by atoms with Gasteiger partial charge >= 0.3 is 6.09 Å². The molecule has 3 rings (SSSR count). The number of hydrogen-bond donors (Lipinski definition) is 0. The highest BCUT2D eigenvalue weighted by atomic mass is 79.9. The lowest BCUT2D eigenvalue weighted by Gasteiger charge is -2.42. The number of carbonyl (C=O) groups is 1. The van der Waals surface area contributed by atoms with Crippen LogP contribution in [0.3, 0.4) is 0 Å². The summed E-state index contributed by atoms with van der Waals surface area (Å²) in [5.74, 6) is 0. The zero-order valence-electron chi connectivity index (χ0n) is 13.4. The third-order valence-corrected chi connectivity index (χ3v) is 4.77. The van der Waals surface area contributed by atoms with Crippen molar-refractivity contribution in [2.45, 2.75) is 38.8 Å². The number of hydrogen-bond acceptors (Lipinski definition) is 2. The number of benzene rings is 2. The molecule has 0 spiro atoms. The van der Waals surface area contributed by atoms with E-state index in [2.05, 4.69) is 35.8 Å². The van der Waals surface area contributed by atoms with E-state index in [1.807, 2.05) is 42.5 Å². The number of halogens is 1. The summed E-state index contributed by atoms with van der Waals surface area (Å²) in [5.41, 5.74) is 2.86. The van der Waals surface area contributed by atoms with E-state index in [0.29, 0.717) is 0 Å². The second-order valence-corrected chi connectivity index (χ2v) is 7.38. The predicted molar refractivity (Wildman–Crippen MR) is 95.6 cm³/mol. The van der Waals surface area contributed by atoms with Crippen LogP contribution in [0.25, 0.3) is 0 Å². The van der Waals surface area contributed by atoms with E-state index < -0.39 is 0 Å². The van der Waals surface area contributed by atoms with Crippen molar-refractivity contribution in [3.05, 3.63) is 64.1 Å². The lowest BCUT2D eigenvalue weighted by Crippen LogP contribution is -2.51. The maximum atomic E-state index is 12.7. The summed E-state index contributed by atoms with van der Waals surface area (Å²) >= 11 is 3.50. The van der Waals surface area contributed by atoms with Crippen molar-refractivity contribution in [1.82, 2.24) is 0 Å². The van der Waals surface area contributed by atoms with Crippen LogP contribution in [0.15, 0.2) is 53.0 Å². The van der Waals surface area contributed by atoms with E-state index in [4.69, 9.17) is 4.74 Å². The van der Waals surface area contributed by atoms with Gasteiger partial charge in [-0.3, -0.25) is 4.90 Å². The van der Waals surface area contributed by atoms with Crippen LogP contribution in [0.4, 0.5) is 10.5 Å². The van der Waals surface area contributed by atoms with Gasteiger partial charge in [-0.15, -0.1) is 0 Å². The van der Waals surface area contributed by atoms with Gasteiger partial charge in [0.15, 0.2) is 0 Å². The van der Waals surface area contributed by atoms with Gasteiger partial charge in [0.25, 0.3) is 0 Å². The Morgan fingerprint density at radius 3 is 2.70 bits per heavy atom. The number of nitrogens with zero attached hydrogens (tertiary/aromatic N) is 1. The molecule has 1 aliphatic heterocycles. The molecule has 1 aliphatic rings. The number of rotatable bonds is 2. The minimum absolute atomic E-state index is 0.255. The van der Waals surface area contributed by atoms with Crippen molar-refractivity contribution in [2.24, 2.45) is 0 Å². The van der Waals surface area contributed by atoms with Gasteiger partial charge in [-0.1, -0.05) is 46.3 Å². The fourth-order valence-electron chi connectivity index (χ4n) is 2.98. The number of fused-ring (bicyclic) bond motifs is 1. The highest BCUT2D eigenvalue weighted by Crippen LogP contribution is 2.38. The average Bonchev–Trinajstić information content (AvgIpc) is 2.53. The van der Waals surface area contributed by atoms with Gasteiger partial charge in [-0.25, -0.2) is 4.79 Å². The summed E-state index contributed by atoms with van der Waals surface area (Å²) in [7, 11) is 0. The fourth-order valence-corrected chi connectivity index (χ4v) is 3.39. The van der Waals surface area contributed by atoms with Gasteiger partial charge in [0.05, 0.1) is 5.69 Å². The highest BCUT2D eigenvalue weighted by Gasteiger charge is 2.38. The standard InChI is InChI=1S/C19H20BrNO2/c1-19(2)11-10-15-12-16(20)8-9-17(15)21(19)18(22)23-13-14-6-4-3-5-7-14/h3-9,12H,10-11,13H2,1-2H3. The lowest BCUT2D eigenvalue weighted by molar-refractivity contribution is 0.139. The zero-order valence-corrected chi connectivity index (χ0v) is 15.0. The maximum Gasteiger partial charge on any atom is 0.415 e. The van der Waals surface area contributed by atoms with Crippen LogP contribution in [0.2, 0.25) is 0 Å². The minimum atomic E-state index is -0.290. The molecule has 0 fully saturated rings. The largest absolute Gasteiger partial charge is 0.444 e. The second kappa shape index (κ2) is 6.36. The van der Waals surface area contributed by atoms with Crippen LogP contribution < -0.4 is 4.90 Å². The summed E-state index contributed by atoms with van der Waals surface area (Å²) in [6.07, 6.45) is 1.59. The molecule has 120 valence electrons. The van der Waals surface area contributed by atoms with Crippen molar-refractivity contribution in [3.8, 4) is 0 Å². The summed E-state index contributed by atoms with van der Waals surface area (Å²) < 4.78 is 6.60. The van der Waals surface area contributed by atoms with E-state index in [1.54, 1.807) is 4.90 Å². The molecule has 4 heteroatoms. The predicted octanol–water partition coefficient (Wildman–Crippen LogP) is 5.32. The molecule has 1 amide bonds. The minimum Gasteiger partial charge on any atom is -0.444 e. The van der Waals surface area contributed by atoms with E-state index in [0.717, 1.165) is 28.6 Å². The number of carbonyl (C=O) groups excluding carboxylic acids is 1. The smallest absolute Gasteiger partial charge is 0.415 e. The Balaban J connectivity index is 1.83. The molecule has 0 saturated heterocycles. The van der Waals surface area contributed by atoms with Crippen LogP contribution in [-0.2, 0) is 17.8 Å². The Labute approximate surface area is 145 Å². The quantitative estimate of drug-likeness (QED) is 0.712. The molecule has 0 saturated carbocycles. The maximum absolute atomic E-state index is 12.7. The number of aryl methyl sites for hydroxylation is 1. The Morgan fingerprint density at radius 1 is 1.22 bits per heavy atom. The molecular weight excluding hydrogens is 354 g/mol. The molecule has 2 aromatic rings. The molecule has 0 atom stereocenters. The lowest BCUT2D eigenvalue weighted by atomic mass is 9.87. The Kier molecular flexibility index (Phi) is 4.44. The number of amides is 1. The molecule has 23 heavy (non-hydrogen) atoms. The van der Waals surface area contributed by atoms with E-state index >= 15 is 0 Å². The van der Waals surface area contributed by atoms with E-state index in [1.165, 1.54) is 5.56 Å². The Hall–Kier alpha value is -1.81. The summed E-state index contributed by atoms with van der Waals surface area (Å²) in [4.78, 5) is 14.5. The van der Waals surface area contributed by atoms with Crippen LogP contribution in [0.1, 0.15) is 31.4 Å². The molecule has 3 nitrogen and oxygen atoms in total. The SMILES string of the molecule is CC1(C)CCc2cc(Br)ccc2N1C(=O)OCc1ccccc1. The van der Waals surface area contributed by atoms with Crippen LogP contribution in [0, 0.1) is 0 Å². The molecule has 0 unspecified atom stereocenters. The molecule has 0 aliphatic carbocycles. The highest BCUT2D eigenvalue weighted by molar-refractivity contribution is 9.10. The molecule has 2 aromatic carbocycles. The third kappa shape index (κ3) is 3.42. The average molecular weight is 374 g/mol. The first kappa shape index (κ1) is 16.1. The first-order chi connectivity index (χ1) is 11.0. The molecule has 1 heterocycles. The molecule has 0 bridgehead atoms. The Morgan fingerprint density at radius 2 is 1.96 bits per heavy atom. The van der Waals surface area contributed by atoms with Gasteiger partial charge in [-0.2, -0.15) is 0 Å². The molecule has 0 aromatic heterocycles. The fraction of sp³-hybridized carbons (Fsp3) is 0.316. The van der Waals surface area contributed by atoms with Gasteiger partial charge in [0, 0.05) is 10.0 Å². The van der Waals surface area contributed by atoms with Gasteiger partial charge in [0.1, 0.15) is 6.61 Å². The zero-order chi connectivity index (χ0) is 16.4. The van der Waals surface area contributed by atoms with Crippen molar-refractivity contribution >= 4 is 27.7 Å². The monoisotopic (exact) mass is 373 g/mol. The van der Waals surface area contributed by atoms with Crippen molar-refractivity contribution < 1.29 is 9.53 Å². The van der Waals surface area contributed by atoms with Crippen molar-refractivity contribution in [2.75, 3.05) is 4.90 Å². The topological polar surface area (TPSA) is 29.5 Å². The van der Waals surface area contributed by atoms with Gasteiger partial charge < -0.3 is 4.74 Å².